The number of hydrogen-bond donors (Lipinski definition) is 2. The third-order valence-corrected chi connectivity index (χ3v) is 5.82. The minimum Gasteiger partial charge on any atom is -0.393 e. The quantitative estimate of drug-likeness (QED) is 0.865. The Kier molecular flexibility index (Phi) is 5.23. The van der Waals surface area contributed by atoms with Crippen LogP contribution < -0.4 is 4.72 Å². The summed E-state index contributed by atoms with van der Waals surface area (Å²) in [4.78, 5) is 0.309. The topological polar surface area (TPSA) is 66.4 Å². The van der Waals surface area contributed by atoms with E-state index >= 15 is 0 Å². The van der Waals surface area contributed by atoms with Gasteiger partial charge in [0.25, 0.3) is 0 Å². The second kappa shape index (κ2) is 6.56. The SMILES string of the molecule is Cc1ccc(Br)cc1S(=O)(=O)NCC1CCCC(O)C1. The third-order valence-electron chi connectivity index (χ3n) is 3.76. The summed E-state index contributed by atoms with van der Waals surface area (Å²) in [6.45, 7) is 2.18. The highest BCUT2D eigenvalue weighted by Crippen LogP contribution is 2.25. The van der Waals surface area contributed by atoms with Crippen molar-refractivity contribution >= 4 is 26.0 Å². The van der Waals surface area contributed by atoms with Gasteiger partial charge in [0.15, 0.2) is 0 Å². The van der Waals surface area contributed by atoms with Crippen molar-refractivity contribution in [3.63, 3.8) is 0 Å². The summed E-state index contributed by atoms with van der Waals surface area (Å²) in [5, 5.41) is 9.62. The van der Waals surface area contributed by atoms with Crippen LogP contribution in [0.3, 0.4) is 0 Å². The first-order chi connectivity index (χ1) is 9.38. The van der Waals surface area contributed by atoms with Crippen molar-refractivity contribution < 1.29 is 13.5 Å². The fraction of sp³-hybridized carbons (Fsp3) is 0.571. The van der Waals surface area contributed by atoms with E-state index in [9.17, 15) is 13.5 Å². The molecule has 0 radical (unpaired) electrons. The first-order valence-electron chi connectivity index (χ1n) is 6.82. The van der Waals surface area contributed by atoms with Gasteiger partial charge >= 0.3 is 0 Å². The molecule has 0 spiro atoms. The summed E-state index contributed by atoms with van der Waals surface area (Å²) in [6, 6.07) is 5.22. The van der Waals surface area contributed by atoms with Crippen molar-refractivity contribution in [2.75, 3.05) is 6.54 Å². The lowest BCUT2D eigenvalue weighted by Gasteiger charge is -2.26. The Morgan fingerprint density at radius 3 is 2.85 bits per heavy atom. The predicted molar refractivity (Wildman–Crippen MR) is 82.0 cm³/mol. The van der Waals surface area contributed by atoms with Crippen LogP contribution in [-0.4, -0.2) is 26.2 Å². The summed E-state index contributed by atoms with van der Waals surface area (Å²) in [5.41, 5.74) is 0.726. The van der Waals surface area contributed by atoms with Crippen molar-refractivity contribution in [1.29, 1.82) is 0 Å². The van der Waals surface area contributed by atoms with E-state index in [1.54, 1.807) is 19.1 Å². The fourth-order valence-corrected chi connectivity index (χ4v) is 4.51. The number of rotatable bonds is 4. The summed E-state index contributed by atoms with van der Waals surface area (Å²) in [6.07, 6.45) is 3.15. The zero-order chi connectivity index (χ0) is 14.8. The van der Waals surface area contributed by atoms with Crippen molar-refractivity contribution in [3.8, 4) is 0 Å². The zero-order valence-corrected chi connectivity index (χ0v) is 13.9. The highest BCUT2D eigenvalue weighted by molar-refractivity contribution is 9.10. The van der Waals surface area contributed by atoms with Crippen LogP contribution >= 0.6 is 15.9 Å². The van der Waals surface area contributed by atoms with Crippen LogP contribution in [0.25, 0.3) is 0 Å². The summed E-state index contributed by atoms with van der Waals surface area (Å²) >= 11 is 3.30. The van der Waals surface area contributed by atoms with E-state index in [0.29, 0.717) is 17.9 Å². The van der Waals surface area contributed by atoms with Gasteiger partial charge in [-0.15, -0.1) is 0 Å². The molecule has 0 aliphatic heterocycles. The minimum atomic E-state index is -3.49. The lowest BCUT2D eigenvalue weighted by atomic mass is 9.87. The predicted octanol–water partition coefficient (Wildman–Crippen LogP) is 2.59. The molecule has 0 saturated heterocycles. The monoisotopic (exact) mass is 361 g/mol. The normalized spacial score (nSPS) is 23.8. The molecule has 1 aromatic carbocycles. The molecule has 20 heavy (non-hydrogen) atoms. The summed E-state index contributed by atoms with van der Waals surface area (Å²) in [7, 11) is -3.49. The summed E-state index contributed by atoms with van der Waals surface area (Å²) < 4.78 is 28.1. The Labute approximate surface area is 128 Å². The first-order valence-corrected chi connectivity index (χ1v) is 9.10. The van der Waals surface area contributed by atoms with Gasteiger partial charge in [0.1, 0.15) is 0 Å². The molecule has 2 rings (SSSR count). The third kappa shape index (κ3) is 4.04. The highest BCUT2D eigenvalue weighted by atomic mass is 79.9. The minimum absolute atomic E-state index is 0.223. The van der Waals surface area contributed by atoms with Gasteiger partial charge in [-0.2, -0.15) is 0 Å². The Morgan fingerprint density at radius 1 is 1.40 bits per heavy atom. The van der Waals surface area contributed by atoms with Gasteiger partial charge < -0.3 is 5.11 Å². The van der Waals surface area contributed by atoms with E-state index in [2.05, 4.69) is 20.7 Å². The molecule has 0 bridgehead atoms. The van der Waals surface area contributed by atoms with Crippen LogP contribution in [0.4, 0.5) is 0 Å². The number of hydrogen-bond acceptors (Lipinski definition) is 3. The number of benzene rings is 1. The molecule has 1 fully saturated rings. The van der Waals surface area contributed by atoms with E-state index in [1.807, 2.05) is 6.07 Å². The zero-order valence-electron chi connectivity index (χ0n) is 11.5. The fourth-order valence-electron chi connectivity index (χ4n) is 2.62. The van der Waals surface area contributed by atoms with Crippen molar-refractivity contribution in [2.24, 2.45) is 5.92 Å². The molecule has 1 saturated carbocycles. The van der Waals surface area contributed by atoms with Crippen LogP contribution in [0.2, 0.25) is 0 Å². The molecule has 2 N–H and O–H groups in total. The van der Waals surface area contributed by atoms with Gasteiger partial charge in [0, 0.05) is 11.0 Å². The molecule has 2 atom stereocenters. The van der Waals surface area contributed by atoms with E-state index in [0.717, 1.165) is 29.3 Å². The van der Waals surface area contributed by atoms with Crippen LogP contribution in [0.5, 0.6) is 0 Å². The number of aliphatic hydroxyl groups excluding tert-OH is 1. The molecule has 6 heteroatoms. The van der Waals surface area contributed by atoms with Crippen LogP contribution in [-0.2, 0) is 10.0 Å². The van der Waals surface area contributed by atoms with Gasteiger partial charge in [0.2, 0.25) is 10.0 Å². The highest BCUT2D eigenvalue weighted by Gasteiger charge is 2.23. The number of nitrogens with one attached hydrogen (secondary N) is 1. The Bertz CT molecular complexity index is 574. The molecule has 1 aliphatic rings. The van der Waals surface area contributed by atoms with Crippen molar-refractivity contribution in [3.05, 3.63) is 28.2 Å². The van der Waals surface area contributed by atoms with Gasteiger partial charge in [-0.3, -0.25) is 0 Å². The molecule has 0 heterocycles. The Balaban J connectivity index is 2.05. The Hall–Kier alpha value is -0.430. The maximum atomic E-state index is 12.3. The van der Waals surface area contributed by atoms with Gasteiger partial charge in [-0.1, -0.05) is 28.4 Å². The molecular formula is C14H20BrNO3S. The number of sulfonamides is 1. The average molecular weight is 362 g/mol. The van der Waals surface area contributed by atoms with E-state index < -0.39 is 10.0 Å². The van der Waals surface area contributed by atoms with Gasteiger partial charge in [-0.25, -0.2) is 13.1 Å². The van der Waals surface area contributed by atoms with Gasteiger partial charge in [0.05, 0.1) is 11.0 Å². The largest absolute Gasteiger partial charge is 0.393 e. The van der Waals surface area contributed by atoms with E-state index in [-0.39, 0.29) is 12.0 Å². The summed E-state index contributed by atoms with van der Waals surface area (Å²) in [5.74, 6) is 0.223. The lowest BCUT2D eigenvalue weighted by Crippen LogP contribution is -2.33. The van der Waals surface area contributed by atoms with Crippen LogP contribution in [0, 0.1) is 12.8 Å². The molecule has 1 aliphatic carbocycles. The second-order valence-electron chi connectivity index (χ2n) is 5.45. The molecular weight excluding hydrogens is 342 g/mol. The average Bonchev–Trinajstić information content (AvgIpc) is 2.39. The molecule has 2 unspecified atom stereocenters. The van der Waals surface area contributed by atoms with Gasteiger partial charge in [-0.05, 0) is 49.8 Å². The number of halogens is 1. The van der Waals surface area contributed by atoms with E-state index in [4.69, 9.17) is 0 Å². The molecule has 112 valence electrons. The maximum absolute atomic E-state index is 12.3. The first kappa shape index (κ1) is 15.9. The van der Waals surface area contributed by atoms with Crippen molar-refractivity contribution in [2.45, 2.75) is 43.6 Å². The molecule has 1 aromatic rings. The van der Waals surface area contributed by atoms with Crippen molar-refractivity contribution in [1.82, 2.24) is 4.72 Å². The maximum Gasteiger partial charge on any atom is 0.240 e. The number of aliphatic hydroxyl groups is 1. The smallest absolute Gasteiger partial charge is 0.240 e. The molecule has 0 aromatic heterocycles. The molecule has 4 nitrogen and oxygen atoms in total. The van der Waals surface area contributed by atoms with Crippen LogP contribution in [0.1, 0.15) is 31.2 Å². The Morgan fingerprint density at radius 2 is 2.15 bits per heavy atom. The van der Waals surface area contributed by atoms with Crippen LogP contribution in [0.15, 0.2) is 27.6 Å². The lowest BCUT2D eigenvalue weighted by molar-refractivity contribution is 0.102. The molecule has 0 amide bonds. The second-order valence-corrected chi connectivity index (χ2v) is 8.10. The van der Waals surface area contributed by atoms with E-state index in [1.165, 1.54) is 0 Å². The number of aryl methyl sites for hydroxylation is 1. The standard InChI is InChI=1S/C14H20BrNO3S/c1-10-5-6-12(15)8-14(10)20(18,19)16-9-11-3-2-4-13(17)7-11/h5-6,8,11,13,16-17H,2-4,7,9H2,1H3.